The average molecular weight is 280 g/mol. The molecule has 6 heteroatoms. The van der Waals surface area contributed by atoms with E-state index in [1.807, 2.05) is 18.2 Å². The lowest BCUT2D eigenvalue weighted by atomic mass is 9.96. The Hall–Kier alpha value is -1.79. The predicted octanol–water partition coefficient (Wildman–Crippen LogP) is 1.12. The van der Waals surface area contributed by atoms with Crippen LogP contribution in [0.25, 0.3) is 0 Å². The first-order valence-corrected chi connectivity index (χ1v) is 6.43. The van der Waals surface area contributed by atoms with Crippen LogP contribution in [0.4, 0.5) is 0 Å². The minimum absolute atomic E-state index is 0.0157. The van der Waals surface area contributed by atoms with Gasteiger partial charge in [0.05, 0.1) is 6.61 Å². The average Bonchev–Trinajstić information content (AvgIpc) is 3.04. The Labute approximate surface area is 116 Å². The van der Waals surface area contributed by atoms with Crippen LogP contribution in [0.5, 0.6) is 11.5 Å². The number of methoxy groups -OCH3 is 1. The van der Waals surface area contributed by atoms with Crippen molar-refractivity contribution in [3.8, 4) is 11.5 Å². The van der Waals surface area contributed by atoms with Crippen molar-refractivity contribution < 1.29 is 28.5 Å². The third-order valence-electron chi connectivity index (χ3n) is 3.40. The van der Waals surface area contributed by atoms with Gasteiger partial charge in [-0.3, -0.25) is 0 Å². The molecule has 0 aromatic heterocycles. The number of carbonyl (C=O) groups excluding carboxylic acids is 1. The lowest BCUT2D eigenvalue weighted by Gasteiger charge is -2.15. The van der Waals surface area contributed by atoms with Gasteiger partial charge in [-0.05, 0) is 24.1 Å². The van der Waals surface area contributed by atoms with Gasteiger partial charge in [0.2, 0.25) is 6.79 Å². The Morgan fingerprint density at radius 2 is 2.10 bits per heavy atom. The van der Waals surface area contributed by atoms with E-state index in [-0.39, 0.29) is 25.5 Å². The van der Waals surface area contributed by atoms with Crippen LogP contribution in [-0.4, -0.2) is 39.4 Å². The second kappa shape index (κ2) is 5.68. The minimum atomic E-state index is -0.569. The summed E-state index contributed by atoms with van der Waals surface area (Å²) in [7, 11) is 1.52. The third kappa shape index (κ3) is 2.57. The topological polar surface area (TPSA) is 63.2 Å². The van der Waals surface area contributed by atoms with Gasteiger partial charge in [0.15, 0.2) is 17.6 Å². The molecule has 0 saturated carbocycles. The van der Waals surface area contributed by atoms with Crippen molar-refractivity contribution in [3.63, 3.8) is 0 Å². The first kappa shape index (κ1) is 13.2. The van der Waals surface area contributed by atoms with E-state index in [4.69, 9.17) is 23.7 Å². The fourth-order valence-corrected chi connectivity index (χ4v) is 2.43. The summed E-state index contributed by atoms with van der Waals surface area (Å²) in [5.74, 6) is 1.15. The highest BCUT2D eigenvalue weighted by Gasteiger charge is 2.38. The Bertz CT molecular complexity index is 500. The molecule has 0 spiro atoms. The van der Waals surface area contributed by atoms with Crippen LogP contribution in [0.15, 0.2) is 18.2 Å². The maximum Gasteiger partial charge on any atom is 0.335 e. The first-order valence-electron chi connectivity index (χ1n) is 6.43. The highest BCUT2D eigenvalue weighted by molar-refractivity contribution is 5.77. The molecule has 2 atom stereocenters. The van der Waals surface area contributed by atoms with Crippen molar-refractivity contribution in [2.75, 3.05) is 27.3 Å². The van der Waals surface area contributed by atoms with Crippen molar-refractivity contribution in [2.24, 2.45) is 5.92 Å². The van der Waals surface area contributed by atoms with Gasteiger partial charge in [-0.2, -0.15) is 0 Å². The van der Waals surface area contributed by atoms with Crippen LogP contribution in [0, 0.1) is 5.92 Å². The molecule has 0 radical (unpaired) electrons. The van der Waals surface area contributed by atoms with E-state index in [0.717, 1.165) is 17.1 Å². The molecule has 6 nitrogen and oxygen atoms in total. The summed E-state index contributed by atoms with van der Waals surface area (Å²) in [5, 5.41) is 0. The Morgan fingerprint density at radius 3 is 2.95 bits per heavy atom. The summed E-state index contributed by atoms with van der Waals surface area (Å²) in [6.07, 6.45) is 0.108. The van der Waals surface area contributed by atoms with E-state index in [0.29, 0.717) is 13.0 Å². The molecule has 20 heavy (non-hydrogen) atoms. The van der Waals surface area contributed by atoms with Gasteiger partial charge in [-0.15, -0.1) is 0 Å². The number of hydrogen-bond acceptors (Lipinski definition) is 6. The summed E-state index contributed by atoms with van der Waals surface area (Å²) in [4.78, 5) is 11.6. The molecule has 1 aromatic carbocycles. The Kier molecular flexibility index (Phi) is 3.75. The standard InChI is InChI=1S/C14H16O6/c1-16-7-20-13-10(6-17-14(13)15)4-9-2-3-11-12(5-9)19-8-18-11/h2-3,5,10,13H,4,6-8H2,1H3/t10-,13-/m0/s1. The number of esters is 1. The molecule has 1 fully saturated rings. The van der Waals surface area contributed by atoms with E-state index in [2.05, 4.69) is 0 Å². The van der Waals surface area contributed by atoms with E-state index >= 15 is 0 Å². The largest absolute Gasteiger partial charge is 0.463 e. The van der Waals surface area contributed by atoms with Gasteiger partial charge in [-0.25, -0.2) is 4.79 Å². The number of carbonyl (C=O) groups is 1. The van der Waals surface area contributed by atoms with Crippen molar-refractivity contribution in [1.82, 2.24) is 0 Å². The van der Waals surface area contributed by atoms with Crippen LogP contribution in [-0.2, 0) is 25.4 Å². The zero-order valence-electron chi connectivity index (χ0n) is 11.2. The summed E-state index contributed by atoms with van der Waals surface area (Å²) < 4.78 is 25.9. The zero-order valence-corrected chi connectivity index (χ0v) is 11.2. The quantitative estimate of drug-likeness (QED) is 0.595. The minimum Gasteiger partial charge on any atom is -0.463 e. The van der Waals surface area contributed by atoms with Gasteiger partial charge in [0.1, 0.15) is 6.79 Å². The molecule has 3 rings (SSSR count). The van der Waals surface area contributed by atoms with Crippen LogP contribution < -0.4 is 9.47 Å². The van der Waals surface area contributed by atoms with E-state index in [1.165, 1.54) is 7.11 Å². The maximum atomic E-state index is 11.6. The number of hydrogen-bond donors (Lipinski definition) is 0. The molecular weight excluding hydrogens is 264 g/mol. The van der Waals surface area contributed by atoms with Gasteiger partial charge in [0.25, 0.3) is 0 Å². The molecule has 2 aliphatic heterocycles. The number of cyclic esters (lactones) is 1. The molecular formula is C14H16O6. The number of rotatable bonds is 5. The molecule has 2 aliphatic rings. The van der Waals surface area contributed by atoms with Crippen molar-refractivity contribution >= 4 is 5.97 Å². The van der Waals surface area contributed by atoms with Gasteiger partial charge in [0, 0.05) is 13.0 Å². The van der Waals surface area contributed by atoms with E-state index in [9.17, 15) is 4.79 Å². The first-order chi connectivity index (χ1) is 9.78. The van der Waals surface area contributed by atoms with E-state index in [1.54, 1.807) is 0 Å². The van der Waals surface area contributed by atoms with Crippen LogP contribution >= 0.6 is 0 Å². The molecule has 1 saturated heterocycles. The smallest absolute Gasteiger partial charge is 0.335 e. The zero-order chi connectivity index (χ0) is 13.9. The SMILES string of the molecule is COCO[C@@H]1C(=O)OC[C@@H]1Cc1ccc2c(c1)OCO2. The fourth-order valence-electron chi connectivity index (χ4n) is 2.43. The van der Waals surface area contributed by atoms with Crippen LogP contribution in [0.1, 0.15) is 5.56 Å². The van der Waals surface area contributed by atoms with Crippen molar-refractivity contribution in [3.05, 3.63) is 23.8 Å². The van der Waals surface area contributed by atoms with Gasteiger partial charge in [-0.1, -0.05) is 6.07 Å². The van der Waals surface area contributed by atoms with Crippen molar-refractivity contribution in [1.29, 1.82) is 0 Å². The maximum absolute atomic E-state index is 11.6. The summed E-state index contributed by atoms with van der Waals surface area (Å²) in [6, 6.07) is 5.77. The Morgan fingerprint density at radius 1 is 1.25 bits per heavy atom. The fraction of sp³-hybridized carbons (Fsp3) is 0.500. The highest BCUT2D eigenvalue weighted by Crippen LogP contribution is 2.34. The molecule has 0 bridgehead atoms. The number of ether oxygens (including phenoxy) is 5. The van der Waals surface area contributed by atoms with E-state index < -0.39 is 6.10 Å². The van der Waals surface area contributed by atoms with Crippen LogP contribution in [0.3, 0.4) is 0 Å². The molecule has 2 heterocycles. The summed E-state index contributed by atoms with van der Waals surface area (Å²) in [6.45, 7) is 0.697. The normalized spacial score (nSPS) is 23.9. The number of fused-ring (bicyclic) bond motifs is 1. The molecule has 108 valence electrons. The Balaban J connectivity index is 1.68. The molecule has 1 aromatic rings. The van der Waals surface area contributed by atoms with Gasteiger partial charge < -0.3 is 23.7 Å². The third-order valence-corrected chi connectivity index (χ3v) is 3.40. The monoisotopic (exact) mass is 280 g/mol. The second-order valence-electron chi connectivity index (χ2n) is 4.78. The lowest BCUT2D eigenvalue weighted by molar-refractivity contribution is -0.154. The molecule has 0 amide bonds. The highest BCUT2D eigenvalue weighted by atomic mass is 16.7. The molecule has 0 N–H and O–H groups in total. The lowest BCUT2D eigenvalue weighted by Crippen LogP contribution is -2.28. The number of benzene rings is 1. The second-order valence-corrected chi connectivity index (χ2v) is 4.78. The molecule has 0 aliphatic carbocycles. The van der Waals surface area contributed by atoms with Gasteiger partial charge >= 0.3 is 5.97 Å². The summed E-state index contributed by atoms with van der Waals surface area (Å²) in [5.41, 5.74) is 1.06. The summed E-state index contributed by atoms with van der Waals surface area (Å²) >= 11 is 0. The molecule has 0 unspecified atom stereocenters. The van der Waals surface area contributed by atoms with Crippen molar-refractivity contribution in [2.45, 2.75) is 12.5 Å². The van der Waals surface area contributed by atoms with Crippen LogP contribution in [0.2, 0.25) is 0 Å². The predicted molar refractivity (Wildman–Crippen MR) is 67.5 cm³/mol.